The fourth-order valence-electron chi connectivity index (χ4n) is 1.94. The van der Waals surface area contributed by atoms with Crippen molar-refractivity contribution < 1.29 is 9.90 Å². The van der Waals surface area contributed by atoms with Crippen molar-refractivity contribution in [2.45, 2.75) is 19.3 Å². The van der Waals surface area contributed by atoms with E-state index >= 15 is 0 Å². The lowest BCUT2D eigenvalue weighted by molar-refractivity contribution is -0.137. The van der Waals surface area contributed by atoms with Gasteiger partial charge in [0.05, 0.1) is 6.42 Å². The summed E-state index contributed by atoms with van der Waals surface area (Å²) in [5, 5.41) is 9.05. The first-order valence-corrected chi connectivity index (χ1v) is 6.35. The average Bonchev–Trinajstić information content (AvgIpc) is 2.73. The number of aromatic nitrogens is 2. The van der Waals surface area contributed by atoms with Crippen LogP contribution in [0.4, 0.5) is 0 Å². The molecule has 1 unspecified atom stereocenters. The van der Waals surface area contributed by atoms with E-state index in [-0.39, 0.29) is 12.3 Å². The lowest BCUT2D eigenvalue weighted by Gasteiger charge is -2.15. The van der Waals surface area contributed by atoms with Crippen LogP contribution in [0.25, 0.3) is 0 Å². The molecule has 0 aliphatic carbocycles. The Labute approximate surface area is 113 Å². The summed E-state index contributed by atoms with van der Waals surface area (Å²) in [6.45, 7) is 1.85. The molecule has 0 aliphatic heterocycles. The van der Waals surface area contributed by atoms with E-state index in [9.17, 15) is 4.79 Å². The van der Waals surface area contributed by atoms with E-state index in [1.165, 1.54) is 0 Å². The van der Waals surface area contributed by atoms with E-state index < -0.39 is 5.97 Å². The van der Waals surface area contributed by atoms with Crippen molar-refractivity contribution >= 4 is 21.9 Å². The molecule has 2 rings (SSSR count). The Morgan fingerprint density at radius 1 is 1.50 bits per heavy atom. The van der Waals surface area contributed by atoms with E-state index in [2.05, 4.69) is 25.9 Å². The molecule has 0 saturated heterocycles. The van der Waals surface area contributed by atoms with Crippen LogP contribution in [0.15, 0.2) is 34.9 Å². The molecule has 2 N–H and O–H groups in total. The first kappa shape index (κ1) is 12.8. The zero-order valence-electron chi connectivity index (χ0n) is 9.85. The van der Waals surface area contributed by atoms with E-state index in [0.29, 0.717) is 0 Å². The second-order valence-electron chi connectivity index (χ2n) is 4.10. The van der Waals surface area contributed by atoms with Gasteiger partial charge in [0.15, 0.2) is 0 Å². The Hall–Kier alpha value is -1.62. The maximum absolute atomic E-state index is 11.0. The maximum atomic E-state index is 11.0. The van der Waals surface area contributed by atoms with E-state index in [4.69, 9.17) is 5.11 Å². The molecule has 1 atom stereocenters. The van der Waals surface area contributed by atoms with Crippen LogP contribution in [0, 0.1) is 6.92 Å². The fourth-order valence-corrected chi connectivity index (χ4v) is 2.50. The van der Waals surface area contributed by atoms with E-state index in [1.54, 1.807) is 6.20 Å². The lowest BCUT2D eigenvalue weighted by atomic mass is 9.93. The van der Waals surface area contributed by atoms with Gasteiger partial charge in [-0.2, -0.15) is 0 Å². The topological polar surface area (TPSA) is 66.0 Å². The standard InChI is InChI=1S/C13H13BrN2O2/c1-8-15-7-12(16-8)10(6-13(17)18)9-4-2-3-5-11(9)14/h2-5,7,10H,6H2,1H3,(H,15,16)(H,17,18). The molecule has 0 radical (unpaired) electrons. The number of benzene rings is 1. The summed E-state index contributed by atoms with van der Waals surface area (Å²) in [4.78, 5) is 18.3. The number of halogens is 1. The molecule has 0 aliphatic rings. The number of hydrogen-bond acceptors (Lipinski definition) is 2. The molecule has 94 valence electrons. The minimum Gasteiger partial charge on any atom is -0.481 e. The number of H-pyrrole nitrogens is 1. The van der Waals surface area contributed by atoms with Crippen molar-refractivity contribution in [3.05, 3.63) is 52.0 Å². The number of nitrogens with one attached hydrogen (secondary N) is 1. The van der Waals surface area contributed by atoms with Gasteiger partial charge in [-0.15, -0.1) is 0 Å². The quantitative estimate of drug-likeness (QED) is 0.912. The van der Waals surface area contributed by atoms with Gasteiger partial charge in [0.2, 0.25) is 0 Å². The predicted molar refractivity (Wildman–Crippen MR) is 71.6 cm³/mol. The second-order valence-corrected chi connectivity index (χ2v) is 4.95. The lowest BCUT2D eigenvalue weighted by Crippen LogP contribution is -2.09. The number of carboxylic acid groups (broad SMARTS) is 1. The number of carboxylic acids is 1. The minimum atomic E-state index is -0.831. The van der Waals surface area contributed by atoms with Gasteiger partial charge in [-0.1, -0.05) is 34.1 Å². The van der Waals surface area contributed by atoms with Gasteiger partial charge in [0, 0.05) is 22.3 Å². The number of carbonyl (C=O) groups is 1. The maximum Gasteiger partial charge on any atom is 0.304 e. The third-order valence-electron chi connectivity index (χ3n) is 2.76. The largest absolute Gasteiger partial charge is 0.481 e. The van der Waals surface area contributed by atoms with Crippen LogP contribution in [0.1, 0.15) is 29.4 Å². The van der Waals surface area contributed by atoms with Crippen LogP contribution in [-0.4, -0.2) is 21.0 Å². The number of rotatable bonds is 4. The Kier molecular flexibility index (Phi) is 3.81. The molecular formula is C13H13BrN2O2. The summed E-state index contributed by atoms with van der Waals surface area (Å²) in [5.74, 6) is -0.269. The van der Waals surface area contributed by atoms with E-state index in [0.717, 1.165) is 21.6 Å². The number of hydrogen-bond donors (Lipinski definition) is 2. The highest BCUT2D eigenvalue weighted by atomic mass is 79.9. The Bertz CT molecular complexity index is 566. The molecule has 0 spiro atoms. The SMILES string of the molecule is Cc1ncc(C(CC(=O)O)c2ccccc2Br)[nH]1. The molecule has 0 fully saturated rings. The van der Waals surface area contributed by atoms with Gasteiger partial charge in [0.1, 0.15) is 5.82 Å². The summed E-state index contributed by atoms with van der Waals surface area (Å²) in [6.07, 6.45) is 1.73. The van der Waals surface area contributed by atoms with Crippen molar-refractivity contribution in [2.75, 3.05) is 0 Å². The van der Waals surface area contributed by atoms with Crippen LogP contribution < -0.4 is 0 Å². The monoisotopic (exact) mass is 308 g/mol. The molecular weight excluding hydrogens is 296 g/mol. The first-order chi connectivity index (χ1) is 8.58. The number of aryl methyl sites for hydroxylation is 1. The summed E-state index contributed by atoms with van der Waals surface area (Å²) >= 11 is 3.46. The smallest absolute Gasteiger partial charge is 0.304 e. The summed E-state index contributed by atoms with van der Waals surface area (Å²) in [5.41, 5.74) is 1.77. The Morgan fingerprint density at radius 3 is 2.78 bits per heavy atom. The fraction of sp³-hybridized carbons (Fsp3) is 0.231. The van der Waals surface area contributed by atoms with Crippen molar-refractivity contribution in [3.63, 3.8) is 0 Å². The predicted octanol–water partition coefficient (Wildman–Crippen LogP) is 3.09. The normalized spacial score (nSPS) is 12.3. The molecule has 0 bridgehead atoms. The number of imidazole rings is 1. The molecule has 18 heavy (non-hydrogen) atoms. The van der Waals surface area contributed by atoms with Gasteiger partial charge >= 0.3 is 5.97 Å². The summed E-state index contributed by atoms with van der Waals surface area (Å²) in [7, 11) is 0. The molecule has 1 aromatic carbocycles. The molecule has 0 saturated carbocycles. The molecule has 2 aromatic rings. The molecule has 1 aromatic heterocycles. The first-order valence-electron chi connectivity index (χ1n) is 5.55. The average molecular weight is 309 g/mol. The molecule has 1 heterocycles. The van der Waals surface area contributed by atoms with Gasteiger partial charge in [-0.25, -0.2) is 4.98 Å². The zero-order chi connectivity index (χ0) is 13.1. The van der Waals surface area contributed by atoms with Crippen molar-refractivity contribution in [3.8, 4) is 0 Å². The third kappa shape index (κ3) is 2.79. The minimum absolute atomic E-state index is 0.0320. The number of nitrogens with zero attached hydrogens (tertiary/aromatic N) is 1. The highest BCUT2D eigenvalue weighted by Crippen LogP contribution is 2.32. The summed E-state index contributed by atoms with van der Waals surface area (Å²) in [6, 6.07) is 7.64. The molecule has 0 amide bonds. The van der Waals surface area contributed by atoms with Gasteiger partial charge in [0.25, 0.3) is 0 Å². The number of aliphatic carboxylic acids is 1. The zero-order valence-corrected chi connectivity index (χ0v) is 11.4. The highest BCUT2D eigenvalue weighted by Gasteiger charge is 2.21. The van der Waals surface area contributed by atoms with Crippen molar-refractivity contribution in [1.82, 2.24) is 9.97 Å². The van der Waals surface area contributed by atoms with Crippen LogP contribution in [-0.2, 0) is 4.79 Å². The van der Waals surface area contributed by atoms with Gasteiger partial charge < -0.3 is 10.1 Å². The van der Waals surface area contributed by atoms with Crippen LogP contribution >= 0.6 is 15.9 Å². The highest BCUT2D eigenvalue weighted by molar-refractivity contribution is 9.10. The van der Waals surface area contributed by atoms with Crippen molar-refractivity contribution in [1.29, 1.82) is 0 Å². The Morgan fingerprint density at radius 2 is 2.22 bits per heavy atom. The third-order valence-corrected chi connectivity index (χ3v) is 3.48. The van der Waals surface area contributed by atoms with E-state index in [1.807, 2.05) is 31.2 Å². The van der Waals surface area contributed by atoms with Crippen LogP contribution in [0.2, 0.25) is 0 Å². The van der Waals surface area contributed by atoms with Crippen LogP contribution in [0.3, 0.4) is 0 Å². The van der Waals surface area contributed by atoms with Crippen molar-refractivity contribution in [2.24, 2.45) is 0 Å². The molecule has 5 heteroatoms. The number of aromatic amines is 1. The summed E-state index contributed by atoms with van der Waals surface area (Å²) < 4.78 is 0.906. The molecule has 4 nitrogen and oxygen atoms in total. The van der Waals surface area contributed by atoms with Gasteiger partial charge in [-0.05, 0) is 18.6 Å². The van der Waals surface area contributed by atoms with Gasteiger partial charge in [-0.3, -0.25) is 4.79 Å². The Balaban J connectivity index is 2.43. The second kappa shape index (κ2) is 5.35. The van der Waals surface area contributed by atoms with Crippen LogP contribution in [0.5, 0.6) is 0 Å².